The SMILES string of the molecule is Cc1ccc2[nH]c(=O)c(CN(Cc3ccc4ccccc4c3)C(C)c3cccc(F)c3)cc2c1. The van der Waals surface area contributed by atoms with E-state index in [9.17, 15) is 9.18 Å². The van der Waals surface area contributed by atoms with Crippen LogP contribution in [0, 0.1) is 12.7 Å². The van der Waals surface area contributed by atoms with Crippen molar-refractivity contribution in [2.45, 2.75) is 33.0 Å². The molecule has 1 heterocycles. The lowest BCUT2D eigenvalue weighted by molar-refractivity contribution is 0.191. The van der Waals surface area contributed by atoms with E-state index in [1.807, 2.05) is 43.3 Å². The molecule has 0 spiro atoms. The summed E-state index contributed by atoms with van der Waals surface area (Å²) < 4.78 is 14.0. The Bertz CT molecular complexity index is 1540. The number of aryl methyl sites for hydroxylation is 1. The normalized spacial score (nSPS) is 12.5. The van der Waals surface area contributed by atoms with Gasteiger partial charge in [-0.1, -0.05) is 60.2 Å². The third kappa shape index (κ3) is 4.63. The number of rotatable bonds is 6. The van der Waals surface area contributed by atoms with Crippen molar-refractivity contribution in [2.24, 2.45) is 0 Å². The zero-order chi connectivity index (χ0) is 23.7. The number of hydrogen-bond acceptors (Lipinski definition) is 2. The van der Waals surface area contributed by atoms with Gasteiger partial charge in [0.2, 0.25) is 0 Å². The van der Waals surface area contributed by atoms with E-state index >= 15 is 0 Å². The molecule has 0 aliphatic heterocycles. The Kier molecular flexibility index (Phi) is 5.99. The van der Waals surface area contributed by atoms with Gasteiger partial charge in [-0.15, -0.1) is 0 Å². The van der Waals surface area contributed by atoms with Crippen molar-refractivity contribution in [3.8, 4) is 0 Å². The third-order valence-electron chi connectivity index (χ3n) is 6.53. The molecule has 34 heavy (non-hydrogen) atoms. The van der Waals surface area contributed by atoms with E-state index in [0.29, 0.717) is 18.7 Å². The first kappa shape index (κ1) is 22.1. The number of fused-ring (bicyclic) bond motifs is 2. The molecule has 170 valence electrons. The van der Waals surface area contributed by atoms with Gasteiger partial charge in [-0.2, -0.15) is 0 Å². The third-order valence-corrected chi connectivity index (χ3v) is 6.53. The van der Waals surface area contributed by atoms with Crippen molar-refractivity contribution in [3.63, 3.8) is 0 Å². The van der Waals surface area contributed by atoms with Crippen molar-refractivity contribution in [2.75, 3.05) is 0 Å². The maximum atomic E-state index is 14.0. The highest BCUT2D eigenvalue weighted by atomic mass is 19.1. The van der Waals surface area contributed by atoms with Gasteiger partial charge in [0.25, 0.3) is 5.56 Å². The molecule has 0 fully saturated rings. The highest BCUT2D eigenvalue weighted by Gasteiger charge is 2.19. The van der Waals surface area contributed by atoms with E-state index in [2.05, 4.69) is 53.2 Å². The molecule has 1 unspecified atom stereocenters. The maximum Gasteiger partial charge on any atom is 0.252 e. The van der Waals surface area contributed by atoms with Crippen LogP contribution in [-0.2, 0) is 13.1 Å². The second-order valence-electron chi connectivity index (χ2n) is 9.03. The van der Waals surface area contributed by atoms with Crippen LogP contribution in [0.3, 0.4) is 0 Å². The van der Waals surface area contributed by atoms with Crippen LogP contribution in [0.1, 0.15) is 35.2 Å². The molecule has 0 saturated heterocycles. The number of aromatic amines is 1. The monoisotopic (exact) mass is 450 g/mol. The van der Waals surface area contributed by atoms with Gasteiger partial charge in [-0.05, 0) is 77.5 Å². The van der Waals surface area contributed by atoms with Crippen LogP contribution in [0.25, 0.3) is 21.7 Å². The number of H-pyrrole nitrogens is 1. The van der Waals surface area contributed by atoms with Crippen LogP contribution in [0.4, 0.5) is 4.39 Å². The van der Waals surface area contributed by atoms with E-state index in [0.717, 1.165) is 27.6 Å². The minimum Gasteiger partial charge on any atom is -0.322 e. The Hall–Kier alpha value is -3.76. The molecule has 0 bridgehead atoms. The van der Waals surface area contributed by atoms with Crippen molar-refractivity contribution in [1.82, 2.24) is 9.88 Å². The summed E-state index contributed by atoms with van der Waals surface area (Å²) in [6.45, 7) is 5.19. The molecule has 4 heteroatoms. The molecule has 5 rings (SSSR count). The van der Waals surface area contributed by atoms with Crippen molar-refractivity contribution >= 4 is 21.7 Å². The second kappa shape index (κ2) is 9.24. The van der Waals surface area contributed by atoms with Crippen LogP contribution < -0.4 is 5.56 Å². The first-order valence-electron chi connectivity index (χ1n) is 11.6. The summed E-state index contributed by atoms with van der Waals surface area (Å²) in [6, 6.07) is 29.3. The summed E-state index contributed by atoms with van der Waals surface area (Å²) in [4.78, 5) is 18.2. The molecule has 0 aliphatic rings. The van der Waals surface area contributed by atoms with Crippen molar-refractivity contribution in [3.05, 3.63) is 129 Å². The molecule has 4 aromatic carbocycles. The first-order chi connectivity index (χ1) is 16.5. The highest BCUT2D eigenvalue weighted by molar-refractivity contribution is 5.83. The lowest BCUT2D eigenvalue weighted by Gasteiger charge is -2.30. The molecule has 0 aliphatic carbocycles. The smallest absolute Gasteiger partial charge is 0.252 e. The van der Waals surface area contributed by atoms with Crippen LogP contribution in [0.15, 0.2) is 95.8 Å². The predicted octanol–water partition coefficient (Wildman–Crippen LogP) is 6.89. The number of nitrogens with one attached hydrogen (secondary N) is 1. The van der Waals surface area contributed by atoms with E-state index < -0.39 is 0 Å². The highest BCUT2D eigenvalue weighted by Crippen LogP contribution is 2.26. The number of halogens is 1. The summed E-state index contributed by atoms with van der Waals surface area (Å²) in [5.41, 5.74) is 4.61. The van der Waals surface area contributed by atoms with E-state index in [4.69, 9.17) is 0 Å². The summed E-state index contributed by atoms with van der Waals surface area (Å²) >= 11 is 0. The molecular formula is C30H27FN2O. The van der Waals surface area contributed by atoms with Gasteiger partial charge in [0.15, 0.2) is 0 Å². The summed E-state index contributed by atoms with van der Waals surface area (Å²) in [6.07, 6.45) is 0. The fourth-order valence-electron chi connectivity index (χ4n) is 4.59. The number of pyridine rings is 1. The summed E-state index contributed by atoms with van der Waals surface area (Å²) in [5, 5.41) is 3.38. The second-order valence-corrected chi connectivity index (χ2v) is 9.03. The maximum absolute atomic E-state index is 14.0. The summed E-state index contributed by atoms with van der Waals surface area (Å²) in [7, 11) is 0. The zero-order valence-electron chi connectivity index (χ0n) is 19.4. The Morgan fingerprint density at radius 3 is 2.47 bits per heavy atom. The molecular weight excluding hydrogens is 423 g/mol. The van der Waals surface area contributed by atoms with Gasteiger partial charge in [-0.25, -0.2) is 4.39 Å². The quantitative estimate of drug-likeness (QED) is 0.306. The first-order valence-corrected chi connectivity index (χ1v) is 11.6. The minimum atomic E-state index is -0.256. The molecule has 3 nitrogen and oxygen atoms in total. The van der Waals surface area contributed by atoms with Crippen molar-refractivity contribution in [1.29, 1.82) is 0 Å². The van der Waals surface area contributed by atoms with Crippen LogP contribution >= 0.6 is 0 Å². The fraction of sp³-hybridized carbons (Fsp3) is 0.167. The zero-order valence-corrected chi connectivity index (χ0v) is 19.4. The standard InChI is InChI=1S/C30H27FN2O/c1-20-10-13-29-26(14-20)16-27(30(34)32-29)19-33(21(2)24-8-5-9-28(31)17-24)18-22-11-12-23-6-3-4-7-25(23)15-22/h3-17,21H,18-19H2,1-2H3,(H,32,34). The van der Waals surface area contributed by atoms with Crippen LogP contribution in [0.2, 0.25) is 0 Å². The average molecular weight is 451 g/mol. The van der Waals surface area contributed by atoms with Crippen LogP contribution in [-0.4, -0.2) is 9.88 Å². The number of aromatic nitrogens is 1. The Balaban J connectivity index is 1.53. The lowest BCUT2D eigenvalue weighted by Crippen LogP contribution is -2.29. The van der Waals surface area contributed by atoms with Gasteiger partial charge in [0.05, 0.1) is 0 Å². The Morgan fingerprint density at radius 1 is 0.824 bits per heavy atom. The minimum absolute atomic E-state index is 0.0882. The molecule has 0 amide bonds. The van der Waals surface area contributed by atoms with E-state index in [1.54, 1.807) is 12.1 Å². The fourth-order valence-corrected chi connectivity index (χ4v) is 4.59. The van der Waals surface area contributed by atoms with Gasteiger partial charge in [0.1, 0.15) is 5.82 Å². The molecule has 0 saturated carbocycles. The number of nitrogens with zero attached hydrogens (tertiary/aromatic N) is 1. The topological polar surface area (TPSA) is 36.1 Å². The molecule has 0 radical (unpaired) electrons. The summed E-state index contributed by atoms with van der Waals surface area (Å²) in [5.74, 6) is -0.256. The molecule has 5 aromatic rings. The number of hydrogen-bond donors (Lipinski definition) is 1. The number of benzene rings is 4. The Morgan fingerprint density at radius 2 is 1.65 bits per heavy atom. The Labute approximate surface area is 198 Å². The van der Waals surface area contributed by atoms with Gasteiger partial charge in [0, 0.05) is 30.2 Å². The average Bonchev–Trinajstić information content (AvgIpc) is 2.83. The molecule has 1 aromatic heterocycles. The van der Waals surface area contributed by atoms with Gasteiger partial charge in [-0.3, -0.25) is 9.69 Å². The van der Waals surface area contributed by atoms with Crippen LogP contribution in [0.5, 0.6) is 0 Å². The van der Waals surface area contributed by atoms with Gasteiger partial charge < -0.3 is 4.98 Å². The predicted molar refractivity (Wildman–Crippen MR) is 137 cm³/mol. The van der Waals surface area contributed by atoms with Gasteiger partial charge >= 0.3 is 0 Å². The lowest BCUT2D eigenvalue weighted by atomic mass is 10.0. The van der Waals surface area contributed by atoms with E-state index in [1.165, 1.54) is 16.8 Å². The molecule has 1 N–H and O–H groups in total. The van der Waals surface area contributed by atoms with E-state index in [-0.39, 0.29) is 17.4 Å². The molecule has 1 atom stereocenters. The van der Waals surface area contributed by atoms with Crippen molar-refractivity contribution < 1.29 is 4.39 Å². The largest absolute Gasteiger partial charge is 0.322 e.